The van der Waals surface area contributed by atoms with Gasteiger partial charge in [-0.15, -0.1) is 0 Å². The van der Waals surface area contributed by atoms with E-state index in [4.69, 9.17) is 9.47 Å². The zero-order valence-electron chi connectivity index (χ0n) is 19.7. The molecule has 10 nitrogen and oxygen atoms in total. The van der Waals surface area contributed by atoms with E-state index in [-0.39, 0.29) is 42.1 Å². The molecule has 1 saturated carbocycles. The number of H-pyrrole nitrogens is 1. The summed E-state index contributed by atoms with van der Waals surface area (Å²) in [5, 5.41) is 23.1. The Morgan fingerprint density at radius 3 is 2.91 bits per heavy atom. The molecule has 0 bridgehead atoms. The summed E-state index contributed by atoms with van der Waals surface area (Å²) in [5.74, 6) is 1.64. The predicted molar refractivity (Wildman–Crippen MR) is 129 cm³/mol. The number of ether oxygens (including phenoxy) is 2. The highest BCUT2D eigenvalue weighted by Crippen LogP contribution is 2.36. The van der Waals surface area contributed by atoms with Gasteiger partial charge in [-0.2, -0.15) is 5.10 Å². The van der Waals surface area contributed by atoms with Crippen LogP contribution in [0.3, 0.4) is 0 Å². The number of hydrogen-bond acceptors (Lipinski definition) is 8. The molecule has 0 saturated heterocycles. The van der Waals surface area contributed by atoms with Crippen LogP contribution >= 0.6 is 0 Å². The van der Waals surface area contributed by atoms with E-state index in [1.807, 2.05) is 26.0 Å². The van der Waals surface area contributed by atoms with Crippen molar-refractivity contribution in [2.24, 2.45) is 0 Å². The SMILES string of the molecule is CC(C)NC(=O)O[C@@H]1CC[C@H](c2cc(Nc3cc(COc4cccc(O)c4C=O)ccn3)n[nH]2)C1. The highest BCUT2D eigenvalue weighted by molar-refractivity contribution is 5.83. The number of aromatic nitrogens is 3. The molecule has 1 aromatic carbocycles. The number of rotatable bonds is 9. The summed E-state index contributed by atoms with van der Waals surface area (Å²) in [5.41, 5.74) is 1.92. The number of amides is 1. The maximum atomic E-state index is 11.9. The Bertz CT molecular complexity index is 1180. The van der Waals surface area contributed by atoms with Crippen molar-refractivity contribution in [3.8, 4) is 11.5 Å². The fourth-order valence-electron chi connectivity index (χ4n) is 4.06. The summed E-state index contributed by atoms with van der Waals surface area (Å²) >= 11 is 0. The highest BCUT2D eigenvalue weighted by Gasteiger charge is 2.30. The Morgan fingerprint density at radius 2 is 2.11 bits per heavy atom. The van der Waals surface area contributed by atoms with Gasteiger partial charge in [0.1, 0.15) is 30.0 Å². The standard InChI is InChI=1S/C25H29N5O5/c1-15(2)27-25(33)35-18-7-6-17(11-18)20-12-24(30-29-20)28-23-10-16(8-9-26-23)14-34-22-5-3-4-21(32)19(22)13-31/h3-5,8-10,12-13,15,17-18,32H,6-7,11,14H2,1-2H3,(H,27,33)(H2,26,28,29,30)/t17-,18+/m0/s1. The molecule has 0 aliphatic heterocycles. The molecule has 3 aromatic rings. The van der Waals surface area contributed by atoms with E-state index in [2.05, 4.69) is 25.8 Å². The summed E-state index contributed by atoms with van der Waals surface area (Å²) in [4.78, 5) is 27.4. The number of phenolic OH excluding ortho intramolecular Hbond substituents is 1. The monoisotopic (exact) mass is 479 g/mol. The van der Waals surface area contributed by atoms with E-state index in [1.54, 1.807) is 24.4 Å². The topological polar surface area (TPSA) is 138 Å². The van der Waals surface area contributed by atoms with Crippen LogP contribution < -0.4 is 15.4 Å². The van der Waals surface area contributed by atoms with Gasteiger partial charge < -0.3 is 25.2 Å². The number of phenols is 1. The fraction of sp³-hybridized carbons (Fsp3) is 0.360. The van der Waals surface area contributed by atoms with E-state index in [9.17, 15) is 14.7 Å². The van der Waals surface area contributed by atoms with Gasteiger partial charge in [0.15, 0.2) is 12.1 Å². The molecule has 0 unspecified atom stereocenters. The molecule has 1 aliphatic rings. The van der Waals surface area contributed by atoms with Crippen LogP contribution in [0.15, 0.2) is 42.6 Å². The van der Waals surface area contributed by atoms with Gasteiger partial charge in [0.25, 0.3) is 0 Å². The van der Waals surface area contributed by atoms with Crippen molar-refractivity contribution in [1.82, 2.24) is 20.5 Å². The number of alkyl carbamates (subject to hydrolysis) is 1. The molecule has 2 heterocycles. The van der Waals surface area contributed by atoms with Crippen LogP contribution in [0.25, 0.3) is 0 Å². The highest BCUT2D eigenvalue weighted by atomic mass is 16.6. The van der Waals surface area contributed by atoms with E-state index in [1.165, 1.54) is 6.07 Å². The quantitative estimate of drug-likeness (QED) is 0.331. The third-order valence-electron chi connectivity index (χ3n) is 5.74. The number of carbonyl (C=O) groups excluding carboxylic acids is 2. The van der Waals surface area contributed by atoms with E-state index < -0.39 is 0 Å². The lowest BCUT2D eigenvalue weighted by Crippen LogP contribution is -2.33. The van der Waals surface area contributed by atoms with Gasteiger partial charge in [-0.3, -0.25) is 9.89 Å². The van der Waals surface area contributed by atoms with E-state index in [0.29, 0.717) is 23.7 Å². The van der Waals surface area contributed by atoms with Gasteiger partial charge in [0.05, 0.1) is 5.56 Å². The predicted octanol–water partition coefficient (Wildman–Crippen LogP) is 4.42. The average Bonchev–Trinajstić information content (AvgIpc) is 3.47. The Hall–Kier alpha value is -4.08. The van der Waals surface area contributed by atoms with Crippen LogP contribution in [0.5, 0.6) is 11.5 Å². The van der Waals surface area contributed by atoms with Crippen LogP contribution in [-0.2, 0) is 11.3 Å². The molecule has 1 amide bonds. The summed E-state index contributed by atoms with van der Waals surface area (Å²) in [7, 11) is 0. The number of hydrogen-bond donors (Lipinski definition) is 4. The zero-order chi connectivity index (χ0) is 24.8. The molecule has 35 heavy (non-hydrogen) atoms. The van der Waals surface area contributed by atoms with Crippen molar-refractivity contribution >= 4 is 24.0 Å². The maximum Gasteiger partial charge on any atom is 0.407 e. The van der Waals surface area contributed by atoms with Crippen molar-refractivity contribution in [1.29, 1.82) is 0 Å². The van der Waals surface area contributed by atoms with Crippen molar-refractivity contribution < 1.29 is 24.2 Å². The number of carbonyl (C=O) groups is 2. The second kappa shape index (κ2) is 10.9. The molecule has 1 fully saturated rings. The van der Waals surface area contributed by atoms with E-state index in [0.717, 1.165) is 30.5 Å². The first-order valence-electron chi connectivity index (χ1n) is 11.6. The largest absolute Gasteiger partial charge is 0.507 e. The number of aromatic amines is 1. The second-order valence-corrected chi connectivity index (χ2v) is 8.81. The van der Waals surface area contributed by atoms with Gasteiger partial charge >= 0.3 is 6.09 Å². The lowest BCUT2D eigenvalue weighted by Gasteiger charge is -2.14. The number of nitrogens with zero attached hydrogens (tertiary/aromatic N) is 2. The van der Waals surface area contributed by atoms with Crippen LogP contribution in [0.4, 0.5) is 16.4 Å². The molecule has 0 radical (unpaired) electrons. The lowest BCUT2D eigenvalue weighted by atomic mass is 10.0. The second-order valence-electron chi connectivity index (χ2n) is 8.81. The van der Waals surface area contributed by atoms with Gasteiger partial charge in [0.2, 0.25) is 0 Å². The summed E-state index contributed by atoms with van der Waals surface area (Å²) in [6.07, 6.45) is 4.20. The van der Waals surface area contributed by atoms with Crippen LogP contribution in [0.1, 0.15) is 60.6 Å². The molecule has 2 atom stereocenters. The fourth-order valence-corrected chi connectivity index (χ4v) is 4.06. The molecule has 10 heteroatoms. The molecular formula is C25H29N5O5. The first-order valence-corrected chi connectivity index (χ1v) is 11.6. The molecule has 1 aliphatic carbocycles. The third-order valence-corrected chi connectivity index (χ3v) is 5.74. The van der Waals surface area contributed by atoms with Crippen molar-refractivity contribution in [2.75, 3.05) is 5.32 Å². The molecule has 4 rings (SSSR count). The van der Waals surface area contributed by atoms with Crippen LogP contribution in [-0.4, -0.2) is 44.8 Å². The zero-order valence-corrected chi connectivity index (χ0v) is 19.7. The smallest absolute Gasteiger partial charge is 0.407 e. The number of nitrogens with one attached hydrogen (secondary N) is 3. The number of aldehydes is 1. The Morgan fingerprint density at radius 1 is 1.26 bits per heavy atom. The molecular weight excluding hydrogens is 450 g/mol. The minimum Gasteiger partial charge on any atom is -0.507 e. The van der Waals surface area contributed by atoms with Crippen molar-refractivity contribution in [3.05, 3.63) is 59.4 Å². The molecule has 2 aromatic heterocycles. The first-order chi connectivity index (χ1) is 16.9. The molecule has 4 N–H and O–H groups in total. The summed E-state index contributed by atoms with van der Waals surface area (Å²) in [6, 6.07) is 10.3. The van der Waals surface area contributed by atoms with E-state index >= 15 is 0 Å². The summed E-state index contributed by atoms with van der Waals surface area (Å²) < 4.78 is 11.2. The van der Waals surface area contributed by atoms with Gasteiger partial charge in [-0.25, -0.2) is 9.78 Å². The molecule has 0 spiro atoms. The molecule has 184 valence electrons. The maximum absolute atomic E-state index is 11.9. The number of anilines is 2. The minimum atomic E-state index is -0.376. The van der Waals surface area contributed by atoms with Crippen LogP contribution in [0.2, 0.25) is 0 Å². The minimum absolute atomic E-state index is 0.0418. The normalized spacial score (nSPS) is 17.2. The van der Waals surface area contributed by atoms with Gasteiger partial charge in [-0.05, 0) is 62.9 Å². The third kappa shape index (κ3) is 6.28. The summed E-state index contributed by atoms with van der Waals surface area (Å²) in [6.45, 7) is 3.99. The average molecular weight is 480 g/mol. The number of aromatic hydroxyl groups is 1. The Balaban J connectivity index is 1.33. The van der Waals surface area contributed by atoms with Crippen LogP contribution in [0, 0.1) is 0 Å². The lowest BCUT2D eigenvalue weighted by molar-refractivity contribution is 0.0981. The Labute approximate surface area is 203 Å². The number of benzene rings is 1. The van der Waals surface area contributed by atoms with Crippen molar-refractivity contribution in [3.63, 3.8) is 0 Å². The number of pyridine rings is 1. The Kier molecular flexibility index (Phi) is 7.49. The van der Waals surface area contributed by atoms with Gasteiger partial charge in [-0.1, -0.05) is 6.07 Å². The first kappa shape index (κ1) is 24.1. The van der Waals surface area contributed by atoms with Gasteiger partial charge in [0, 0.05) is 29.9 Å². The van der Waals surface area contributed by atoms with Crippen molar-refractivity contribution in [2.45, 2.75) is 57.8 Å².